The largest absolute Gasteiger partial charge is 0.379 e. The monoisotopic (exact) mass is 261 g/mol. The molecular formula is C14H19N3O2. The maximum Gasteiger partial charge on any atom is 0.293 e. The van der Waals surface area contributed by atoms with Crippen LogP contribution in [-0.2, 0) is 0 Å². The molecule has 5 heteroatoms. The highest BCUT2D eigenvalue weighted by Crippen LogP contribution is 2.25. The summed E-state index contributed by atoms with van der Waals surface area (Å²) in [5, 5.41) is 22.7. The van der Waals surface area contributed by atoms with E-state index < -0.39 is 4.92 Å². The van der Waals surface area contributed by atoms with Gasteiger partial charge in [0.15, 0.2) is 0 Å². The van der Waals surface area contributed by atoms with Crippen LogP contribution < -0.4 is 5.32 Å². The van der Waals surface area contributed by atoms with E-state index in [2.05, 4.69) is 12.2 Å². The summed E-state index contributed by atoms with van der Waals surface area (Å²) in [6.07, 6.45) is 5.77. The number of nitrogens with one attached hydrogen (secondary N) is 1. The summed E-state index contributed by atoms with van der Waals surface area (Å²) in [5.41, 5.74) is 0.757. The van der Waals surface area contributed by atoms with Gasteiger partial charge in [0.2, 0.25) is 0 Å². The van der Waals surface area contributed by atoms with Gasteiger partial charge in [0.1, 0.15) is 5.69 Å². The van der Waals surface area contributed by atoms with Gasteiger partial charge in [0, 0.05) is 12.6 Å². The second-order valence-corrected chi connectivity index (χ2v) is 4.44. The van der Waals surface area contributed by atoms with Gasteiger partial charge >= 0.3 is 0 Å². The smallest absolute Gasteiger partial charge is 0.293 e. The average Bonchev–Trinajstić information content (AvgIpc) is 2.42. The van der Waals surface area contributed by atoms with Gasteiger partial charge in [0.05, 0.1) is 16.6 Å². The quantitative estimate of drug-likeness (QED) is 0.438. The first-order valence-corrected chi connectivity index (χ1v) is 6.61. The van der Waals surface area contributed by atoms with E-state index in [1.807, 2.05) is 6.07 Å². The van der Waals surface area contributed by atoms with Crippen molar-refractivity contribution < 1.29 is 4.92 Å². The van der Waals surface area contributed by atoms with Crippen LogP contribution in [0.1, 0.15) is 44.6 Å². The van der Waals surface area contributed by atoms with Crippen LogP contribution in [0.2, 0.25) is 0 Å². The lowest BCUT2D eigenvalue weighted by Gasteiger charge is -2.07. The Labute approximate surface area is 113 Å². The van der Waals surface area contributed by atoms with Gasteiger partial charge in [-0.3, -0.25) is 10.1 Å². The third-order valence-electron chi connectivity index (χ3n) is 2.92. The first-order valence-electron chi connectivity index (χ1n) is 6.61. The molecule has 1 rings (SSSR count). The van der Waals surface area contributed by atoms with E-state index in [0.29, 0.717) is 11.3 Å². The summed E-state index contributed by atoms with van der Waals surface area (Å²) in [4.78, 5) is 10.5. The van der Waals surface area contributed by atoms with Gasteiger partial charge in [-0.05, 0) is 18.6 Å². The topological polar surface area (TPSA) is 79.0 Å². The van der Waals surface area contributed by atoms with Gasteiger partial charge in [-0.15, -0.1) is 0 Å². The Morgan fingerprint density at radius 2 is 2.05 bits per heavy atom. The number of rotatable bonds is 8. The number of nitro benzene ring substituents is 1. The molecule has 0 bridgehead atoms. The van der Waals surface area contributed by atoms with Gasteiger partial charge in [0.25, 0.3) is 5.69 Å². The summed E-state index contributed by atoms with van der Waals surface area (Å²) in [6, 6.07) is 6.40. The van der Waals surface area contributed by atoms with E-state index in [-0.39, 0.29) is 5.69 Å². The molecule has 0 aliphatic carbocycles. The summed E-state index contributed by atoms with van der Waals surface area (Å²) in [5.74, 6) is 0. The second-order valence-electron chi connectivity index (χ2n) is 4.44. The highest BCUT2D eigenvalue weighted by atomic mass is 16.6. The number of nitro groups is 1. The standard InChI is InChI=1S/C14H19N3O2/c1-2-3-4-5-6-9-16-13-8-7-12(11-15)10-14(13)17(18)19/h7-8,10,16H,2-6,9H2,1H3. The number of nitrogens with zero attached hydrogens (tertiary/aromatic N) is 2. The minimum Gasteiger partial charge on any atom is -0.379 e. The molecule has 102 valence electrons. The Kier molecular flexibility index (Phi) is 6.37. The summed E-state index contributed by atoms with van der Waals surface area (Å²) in [7, 11) is 0. The fourth-order valence-corrected chi connectivity index (χ4v) is 1.85. The molecule has 0 saturated carbocycles. The highest BCUT2D eigenvalue weighted by molar-refractivity contribution is 5.63. The SMILES string of the molecule is CCCCCCCNc1ccc(C#N)cc1[N+](=O)[O-]. The number of anilines is 1. The van der Waals surface area contributed by atoms with Crippen LogP contribution in [0.3, 0.4) is 0 Å². The summed E-state index contributed by atoms with van der Waals surface area (Å²) >= 11 is 0. The minimum atomic E-state index is -0.458. The molecule has 0 aliphatic rings. The van der Waals surface area contributed by atoms with Crippen LogP contribution in [0.15, 0.2) is 18.2 Å². The zero-order valence-electron chi connectivity index (χ0n) is 11.2. The predicted molar refractivity (Wildman–Crippen MR) is 75.1 cm³/mol. The van der Waals surface area contributed by atoms with Crippen molar-refractivity contribution in [2.24, 2.45) is 0 Å². The van der Waals surface area contributed by atoms with E-state index in [1.165, 1.54) is 25.3 Å². The fraction of sp³-hybridized carbons (Fsp3) is 0.500. The van der Waals surface area contributed by atoms with Crippen LogP contribution in [0, 0.1) is 21.4 Å². The van der Waals surface area contributed by atoms with E-state index >= 15 is 0 Å². The zero-order valence-corrected chi connectivity index (χ0v) is 11.2. The van der Waals surface area contributed by atoms with Crippen molar-refractivity contribution in [2.45, 2.75) is 39.0 Å². The summed E-state index contributed by atoms with van der Waals surface area (Å²) in [6.45, 7) is 2.88. The molecule has 0 fully saturated rings. The molecule has 0 atom stereocenters. The molecule has 1 aromatic carbocycles. The lowest BCUT2D eigenvalue weighted by Crippen LogP contribution is -2.04. The first kappa shape index (κ1) is 15.0. The van der Waals surface area contributed by atoms with Gasteiger partial charge in [-0.25, -0.2) is 0 Å². The molecule has 0 aliphatic heterocycles. The predicted octanol–water partition coefficient (Wildman–Crippen LogP) is 3.85. The Morgan fingerprint density at radius 1 is 1.32 bits per heavy atom. The van der Waals surface area contributed by atoms with Crippen LogP contribution in [-0.4, -0.2) is 11.5 Å². The number of benzene rings is 1. The van der Waals surface area contributed by atoms with Crippen molar-refractivity contribution in [1.82, 2.24) is 0 Å². The van der Waals surface area contributed by atoms with E-state index in [1.54, 1.807) is 12.1 Å². The molecule has 0 spiro atoms. The van der Waals surface area contributed by atoms with Crippen LogP contribution in [0.25, 0.3) is 0 Å². The fourth-order valence-electron chi connectivity index (χ4n) is 1.85. The number of hydrogen-bond acceptors (Lipinski definition) is 4. The lowest BCUT2D eigenvalue weighted by molar-refractivity contribution is -0.384. The lowest BCUT2D eigenvalue weighted by atomic mass is 10.1. The first-order chi connectivity index (χ1) is 9.19. The molecule has 19 heavy (non-hydrogen) atoms. The second kappa shape index (κ2) is 8.09. The number of unbranched alkanes of at least 4 members (excludes halogenated alkanes) is 4. The Bertz CT molecular complexity index is 466. The third kappa shape index (κ3) is 4.96. The van der Waals surface area contributed by atoms with E-state index in [0.717, 1.165) is 19.4 Å². The molecule has 1 N–H and O–H groups in total. The van der Waals surface area contributed by atoms with E-state index in [9.17, 15) is 10.1 Å². The maximum atomic E-state index is 10.9. The molecule has 1 aromatic rings. The van der Waals surface area contributed by atoms with Crippen LogP contribution in [0.5, 0.6) is 0 Å². The van der Waals surface area contributed by atoms with Crippen molar-refractivity contribution >= 4 is 11.4 Å². The molecule has 0 radical (unpaired) electrons. The average molecular weight is 261 g/mol. The van der Waals surface area contributed by atoms with E-state index in [4.69, 9.17) is 5.26 Å². The highest BCUT2D eigenvalue weighted by Gasteiger charge is 2.13. The van der Waals surface area contributed by atoms with Crippen molar-refractivity contribution in [3.8, 4) is 6.07 Å². The van der Waals surface area contributed by atoms with Crippen molar-refractivity contribution in [2.75, 3.05) is 11.9 Å². The van der Waals surface area contributed by atoms with Gasteiger partial charge < -0.3 is 5.32 Å². The van der Waals surface area contributed by atoms with Crippen molar-refractivity contribution in [1.29, 1.82) is 5.26 Å². The third-order valence-corrected chi connectivity index (χ3v) is 2.92. The van der Waals surface area contributed by atoms with Gasteiger partial charge in [-0.2, -0.15) is 5.26 Å². The minimum absolute atomic E-state index is 0.0346. The molecular weight excluding hydrogens is 242 g/mol. The maximum absolute atomic E-state index is 10.9. The van der Waals surface area contributed by atoms with Crippen molar-refractivity contribution in [3.05, 3.63) is 33.9 Å². The molecule has 5 nitrogen and oxygen atoms in total. The molecule has 0 aromatic heterocycles. The summed E-state index contributed by atoms with van der Waals surface area (Å²) < 4.78 is 0. The molecule has 0 amide bonds. The van der Waals surface area contributed by atoms with Crippen LogP contribution >= 0.6 is 0 Å². The number of hydrogen-bond donors (Lipinski definition) is 1. The molecule has 0 unspecified atom stereocenters. The Morgan fingerprint density at radius 3 is 2.68 bits per heavy atom. The molecule has 0 heterocycles. The van der Waals surface area contributed by atoms with Gasteiger partial charge in [-0.1, -0.05) is 32.6 Å². The van der Waals surface area contributed by atoms with Crippen LogP contribution in [0.4, 0.5) is 11.4 Å². The Balaban J connectivity index is 2.53. The Hall–Kier alpha value is -2.09. The zero-order chi connectivity index (χ0) is 14.1. The normalized spacial score (nSPS) is 9.89. The number of nitriles is 1. The molecule has 0 saturated heterocycles. The van der Waals surface area contributed by atoms with Crippen molar-refractivity contribution in [3.63, 3.8) is 0 Å².